The number of amides is 1. The van der Waals surface area contributed by atoms with E-state index in [1.54, 1.807) is 54.6 Å². The summed E-state index contributed by atoms with van der Waals surface area (Å²) >= 11 is 0. The molecule has 2 aromatic carbocycles. The number of hydrogen-bond donors (Lipinski definition) is 6. The second kappa shape index (κ2) is 59.0. The highest BCUT2D eigenvalue weighted by atomic mass is 32.2. The molecule has 0 aliphatic rings. The molecule has 2 rings (SSSR count). The predicted molar refractivity (Wildman–Crippen MR) is 305 cm³/mol. The number of nitrogens with one attached hydrogen (secondary N) is 1. The number of carboxylic acid groups (broad SMARTS) is 3. The van der Waals surface area contributed by atoms with E-state index < -0.39 is 63.3 Å². The van der Waals surface area contributed by atoms with E-state index in [1.165, 1.54) is 36.4 Å². The van der Waals surface area contributed by atoms with Gasteiger partial charge in [-0.3, -0.25) is 23.9 Å². The van der Waals surface area contributed by atoms with E-state index in [0.717, 1.165) is 18.4 Å². The molecule has 0 heterocycles. The number of hydrogen-bond acceptors (Lipinski definition) is 25. The highest BCUT2D eigenvalue weighted by Crippen LogP contribution is 2.18. The van der Waals surface area contributed by atoms with Gasteiger partial charge in [0.25, 0.3) is 15.8 Å². The van der Waals surface area contributed by atoms with Crippen LogP contribution in [0.4, 0.5) is 15.3 Å². The standard InChI is InChI=1S/C15H29NO8.C12H15NO7.C12H18O5S.C9H19NO4.C4H9NO2.CH4/c1-20-7-9-22-6-4-3-5-13(14(17)18)16-15(19)24-12-11-23-10-8-21-2;1-17-6-7-18-8-9-19-12(14)20-11-4-2-10(3-5-11)13(15)16;1-11-3-5-12(6-4-11)18(13,14)17-10-9-16-8-7-15-2;1-13-6-7-14-5-3-2-4-8(10)9(11)12;1-2-3(5)4(6)7;/h13H,3-12H2,1-2H3,(H,16,19)(H,17,18);2-5H,6-9H2,1H3;3-6H,7-10H2,1-2H3;8H,2-7,10H2,1H3,(H,11,12);3H,2,5H2,1H3,(H,6,7);1H4. The molecule has 0 aliphatic heterocycles. The van der Waals surface area contributed by atoms with Crippen molar-refractivity contribution in [1.29, 1.82) is 0 Å². The number of carbonyl (C=O) groups excluding carboxylic acids is 2. The molecule has 0 bridgehead atoms. The van der Waals surface area contributed by atoms with Crippen LogP contribution in [0, 0.1) is 17.0 Å². The van der Waals surface area contributed by atoms with Crippen molar-refractivity contribution in [3.05, 3.63) is 64.2 Å². The van der Waals surface area contributed by atoms with Crippen LogP contribution < -0.4 is 21.5 Å². The maximum atomic E-state index is 11.7. The Hall–Kier alpha value is -5.78. The Morgan fingerprint density at radius 1 is 0.548 bits per heavy atom. The Kier molecular flexibility index (Phi) is 59.4. The Labute approximate surface area is 493 Å². The van der Waals surface area contributed by atoms with E-state index in [4.69, 9.17) is 92.5 Å². The fourth-order valence-electron chi connectivity index (χ4n) is 5.20. The zero-order chi connectivity index (χ0) is 62.9. The maximum Gasteiger partial charge on any atom is 0.513 e. The first-order valence-electron chi connectivity index (χ1n) is 26.2. The summed E-state index contributed by atoms with van der Waals surface area (Å²) in [6.07, 6.45) is 2.58. The summed E-state index contributed by atoms with van der Waals surface area (Å²) in [5, 5.41) is 38.4. The minimum atomic E-state index is -3.68. The highest BCUT2D eigenvalue weighted by molar-refractivity contribution is 7.86. The number of rotatable bonds is 43. The normalized spacial score (nSPS) is 11.5. The summed E-state index contributed by atoms with van der Waals surface area (Å²) in [7, 11) is 4.22. The van der Waals surface area contributed by atoms with Gasteiger partial charge in [-0.2, -0.15) is 8.42 Å². The van der Waals surface area contributed by atoms with E-state index in [-0.39, 0.29) is 63.4 Å². The molecule has 84 heavy (non-hydrogen) atoms. The summed E-state index contributed by atoms with van der Waals surface area (Å²) in [5.41, 5.74) is 11.2. The minimum Gasteiger partial charge on any atom is -0.480 e. The van der Waals surface area contributed by atoms with Gasteiger partial charge in [0.05, 0.1) is 102 Å². The molecule has 30 nitrogen and oxygen atoms in total. The summed E-state index contributed by atoms with van der Waals surface area (Å²) in [4.78, 5) is 64.1. The molecule has 0 spiro atoms. The second-order valence-electron chi connectivity index (χ2n) is 16.5. The van der Waals surface area contributed by atoms with Crippen molar-refractivity contribution in [2.75, 3.05) is 154 Å². The lowest BCUT2D eigenvalue weighted by Gasteiger charge is -2.14. The monoisotopic (exact) mass is 1230 g/mol. The average molecular weight is 1240 g/mol. The molecule has 31 heteroatoms. The van der Waals surface area contributed by atoms with Gasteiger partial charge in [-0.25, -0.2) is 14.4 Å². The molecule has 2 aromatic rings. The molecule has 3 unspecified atom stereocenters. The van der Waals surface area contributed by atoms with Crippen molar-refractivity contribution in [3.63, 3.8) is 0 Å². The van der Waals surface area contributed by atoms with E-state index in [0.29, 0.717) is 111 Å². The van der Waals surface area contributed by atoms with Crippen molar-refractivity contribution in [2.45, 2.75) is 89.2 Å². The molecule has 0 saturated heterocycles. The summed E-state index contributed by atoms with van der Waals surface area (Å²) in [6, 6.07) is 9.19. The SMILES string of the molecule is C.CCC(N)C(=O)O.COCCOCCCCC(N)C(=O)O.COCCOCCCCC(NC(=O)OCCOCCOC)C(=O)O.COCCOCCOC(=O)Oc1ccc([N+](=O)[O-])cc1.COCCOCCOS(=O)(=O)c1ccc(C)cc1. The van der Waals surface area contributed by atoms with Crippen LogP contribution in [0.2, 0.25) is 0 Å². The van der Waals surface area contributed by atoms with Crippen LogP contribution in [0.15, 0.2) is 53.4 Å². The molecule has 0 saturated carbocycles. The van der Waals surface area contributed by atoms with Crippen molar-refractivity contribution in [1.82, 2.24) is 5.32 Å². The number of nitrogens with zero attached hydrogens (tertiary/aromatic N) is 1. The molecule has 0 radical (unpaired) electrons. The quantitative estimate of drug-likeness (QED) is 0.0133. The Morgan fingerprint density at radius 2 is 0.952 bits per heavy atom. The number of nitrogens with two attached hydrogens (primary N) is 2. The Bertz CT molecular complexity index is 2040. The van der Waals surface area contributed by atoms with Gasteiger partial charge < -0.3 is 93.7 Å². The topological polar surface area (TPSA) is 417 Å². The molecule has 8 N–H and O–H groups in total. The molecule has 0 aromatic heterocycles. The van der Waals surface area contributed by atoms with Crippen LogP contribution in [-0.4, -0.2) is 231 Å². The third-order valence-corrected chi connectivity index (χ3v) is 11.2. The smallest absolute Gasteiger partial charge is 0.480 e. The van der Waals surface area contributed by atoms with Crippen molar-refractivity contribution >= 4 is 46.0 Å². The van der Waals surface area contributed by atoms with Gasteiger partial charge >= 0.3 is 30.2 Å². The van der Waals surface area contributed by atoms with Gasteiger partial charge in [0, 0.05) is 60.9 Å². The number of aryl methyl sites for hydroxylation is 1. The van der Waals surface area contributed by atoms with Gasteiger partial charge in [-0.15, -0.1) is 0 Å². The van der Waals surface area contributed by atoms with Gasteiger partial charge in [0.1, 0.15) is 37.1 Å². The van der Waals surface area contributed by atoms with Gasteiger partial charge in [0.15, 0.2) is 0 Å². The lowest BCUT2D eigenvalue weighted by Crippen LogP contribution is -2.41. The number of non-ortho nitro benzene ring substituents is 1. The van der Waals surface area contributed by atoms with Crippen LogP contribution in [0.1, 0.15) is 64.9 Å². The summed E-state index contributed by atoms with van der Waals surface area (Å²) in [6.45, 7) is 10.4. The minimum absolute atomic E-state index is 0. The largest absolute Gasteiger partial charge is 0.513 e. The zero-order valence-electron chi connectivity index (χ0n) is 48.8. The molecular weight excluding hydrogens is 1140 g/mol. The number of aliphatic carboxylic acids is 3. The van der Waals surface area contributed by atoms with Crippen molar-refractivity contribution < 1.29 is 118 Å². The van der Waals surface area contributed by atoms with Gasteiger partial charge in [0.2, 0.25) is 0 Å². The Morgan fingerprint density at radius 3 is 1.35 bits per heavy atom. The lowest BCUT2D eigenvalue weighted by molar-refractivity contribution is -0.384. The molecule has 0 fully saturated rings. The number of carboxylic acids is 3. The van der Waals surface area contributed by atoms with E-state index in [9.17, 15) is 42.5 Å². The van der Waals surface area contributed by atoms with Crippen LogP contribution >= 0.6 is 0 Å². The number of nitro benzene ring substituents is 1. The van der Waals surface area contributed by atoms with Crippen LogP contribution in [0.5, 0.6) is 5.75 Å². The Balaban J connectivity index is -0.000000493. The number of methoxy groups -OCH3 is 5. The third kappa shape index (κ3) is 54.2. The maximum absolute atomic E-state index is 11.7. The zero-order valence-corrected chi connectivity index (χ0v) is 49.6. The fraction of sp³-hybridized carbons (Fsp3) is 0.679. The van der Waals surface area contributed by atoms with Crippen LogP contribution in [0.25, 0.3) is 0 Å². The summed E-state index contributed by atoms with van der Waals surface area (Å²) in [5.74, 6) is -2.79. The molecule has 488 valence electrons. The van der Waals surface area contributed by atoms with Gasteiger partial charge in [-0.05, 0) is 76.1 Å². The fourth-order valence-corrected chi connectivity index (χ4v) is 6.09. The van der Waals surface area contributed by atoms with E-state index in [1.807, 2.05) is 6.92 Å². The summed E-state index contributed by atoms with van der Waals surface area (Å²) < 4.78 is 92.5. The number of unbranched alkanes of at least 4 members (excludes halogenated alkanes) is 2. The molecule has 0 aliphatic carbocycles. The number of ether oxygens (including phenoxy) is 13. The van der Waals surface area contributed by atoms with Crippen LogP contribution in [0.3, 0.4) is 0 Å². The number of nitro groups is 1. The molecular formula is C53H94N4O26S. The molecule has 3 atom stereocenters. The lowest BCUT2D eigenvalue weighted by atomic mass is 10.1. The van der Waals surface area contributed by atoms with Crippen LogP contribution in [-0.2, 0) is 85.5 Å². The van der Waals surface area contributed by atoms with E-state index in [2.05, 4.69) is 5.32 Å². The molecule has 1 amide bonds. The first-order chi connectivity index (χ1) is 39.7. The highest BCUT2D eigenvalue weighted by Gasteiger charge is 2.20. The number of benzene rings is 2. The number of carbonyl (C=O) groups is 5. The first-order valence-corrected chi connectivity index (χ1v) is 27.6. The van der Waals surface area contributed by atoms with Crippen molar-refractivity contribution in [3.8, 4) is 5.75 Å². The first kappa shape index (κ1) is 84.7. The second-order valence-corrected chi connectivity index (χ2v) is 18.1. The number of alkyl carbamates (subject to hydrolysis) is 1. The predicted octanol–water partition coefficient (Wildman–Crippen LogP) is 4.47. The van der Waals surface area contributed by atoms with E-state index >= 15 is 0 Å². The third-order valence-electron chi connectivity index (χ3n) is 9.84. The van der Waals surface area contributed by atoms with Gasteiger partial charge in [-0.1, -0.05) is 32.0 Å². The average Bonchev–Trinajstić information content (AvgIpc) is 3.66. The van der Waals surface area contributed by atoms with Crippen molar-refractivity contribution in [2.24, 2.45) is 11.5 Å².